The van der Waals surface area contributed by atoms with Crippen molar-refractivity contribution in [1.29, 1.82) is 0 Å². The van der Waals surface area contributed by atoms with Gasteiger partial charge in [0.15, 0.2) is 0 Å². The van der Waals surface area contributed by atoms with Crippen molar-refractivity contribution in [3.8, 4) is 0 Å². The maximum Gasteiger partial charge on any atom is 0.408 e. The van der Waals surface area contributed by atoms with Gasteiger partial charge in [0.1, 0.15) is 17.7 Å². The third-order valence-corrected chi connectivity index (χ3v) is 5.65. The van der Waals surface area contributed by atoms with Gasteiger partial charge in [-0.25, -0.2) is 4.79 Å². The quantitative estimate of drug-likeness (QED) is 0.468. The molecule has 2 aromatic carbocycles. The first-order valence-corrected chi connectivity index (χ1v) is 12.3. The molecule has 0 aliphatic carbocycles. The van der Waals surface area contributed by atoms with Crippen LogP contribution in [-0.2, 0) is 14.3 Å². The van der Waals surface area contributed by atoms with E-state index < -0.39 is 23.8 Å². The molecule has 0 radical (unpaired) electrons. The number of carbonyl (C=O) groups is 3. The summed E-state index contributed by atoms with van der Waals surface area (Å²) in [6.45, 7) is 16.8. The minimum Gasteiger partial charge on any atom is -0.444 e. The van der Waals surface area contributed by atoms with Crippen LogP contribution < -0.4 is 10.6 Å². The molecule has 3 amide bonds. The van der Waals surface area contributed by atoms with Crippen LogP contribution in [0.25, 0.3) is 6.08 Å². The topological polar surface area (TPSA) is 87.7 Å². The number of para-hydroxylation sites is 1. The standard InChI is InChI=1S/C29H39N3O4/c1-9-21-15-13-16-22(18-21)25(26(33)30-23-17-12-11-14-20(23)5)32(10-2)27(34)24(19(3)4)31-28(35)36-29(6,7)8/h9,11-19,24-25H,1,10H2,2-8H3,(H,30,33)(H,31,35). The Labute approximate surface area is 214 Å². The monoisotopic (exact) mass is 493 g/mol. The average Bonchev–Trinajstić information content (AvgIpc) is 2.80. The average molecular weight is 494 g/mol. The molecule has 0 spiro atoms. The third kappa shape index (κ3) is 7.70. The zero-order chi connectivity index (χ0) is 27.0. The number of alkyl carbamates (subject to hydrolysis) is 1. The van der Waals surface area contributed by atoms with Gasteiger partial charge >= 0.3 is 6.09 Å². The number of anilines is 1. The molecule has 2 unspecified atom stereocenters. The van der Waals surface area contributed by atoms with Gasteiger partial charge in [0.25, 0.3) is 5.91 Å². The molecule has 2 N–H and O–H groups in total. The van der Waals surface area contributed by atoms with Crippen LogP contribution in [-0.4, -0.2) is 41.0 Å². The second-order valence-corrected chi connectivity index (χ2v) is 10.1. The van der Waals surface area contributed by atoms with Crippen molar-refractivity contribution >= 4 is 29.7 Å². The number of carbonyl (C=O) groups excluding carboxylic acids is 3. The molecule has 0 saturated carbocycles. The molecule has 0 saturated heterocycles. The normalized spacial score (nSPS) is 12.9. The van der Waals surface area contributed by atoms with Crippen molar-refractivity contribution in [2.75, 3.05) is 11.9 Å². The number of benzene rings is 2. The molecule has 0 aliphatic rings. The Morgan fingerprint density at radius 3 is 2.31 bits per heavy atom. The van der Waals surface area contributed by atoms with Crippen molar-refractivity contribution in [1.82, 2.24) is 10.2 Å². The van der Waals surface area contributed by atoms with Gasteiger partial charge in [-0.1, -0.05) is 62.9 Å². The first kappa shape index (κ1) is 28.6. The first-order valence-electron chi connectivity index (χ1n) is 12.3. The van der Waals surface area contributed by atoms with E-state index in [4.69, 9.17) is 4.74 Å². The minimum atomic E-state index is -0.927. The van der Waals surface area contributed by atoms with Crippen molar-refractivity contribution in [2.24, 2.45) is 5.92 Å². The first-order chi connectivity index (χ1) is 16.9. The Bertz CT molecular complexity index is 1090. The molecule has 2 rings (SSSR count). The fourth-order valence-electron chi connectivity index (χ4n) is 3.84. The SMILES string of the molecule is C=Cc1cccc(C(C(=O)Nc2ccccc2C)N(CC)C(=O)C(NC(=O)OC(C)(C)C)C(C)C)c1. The predicted octanol–water partition coefficient (Wildman–Crippen LogP) is 5.72. The fraction of sp³-hybridized carbons (Fsp3) is 0.414. The number of ether oxygens (including phenoxy) is 1. The number of hydrogen-bond donors (Lipinski definition) is 2. The van der Waals surface area contributed by atoms with Gasteiger partial charge in [-0.2, -0.15) is 0 Å². The molecule has 0 bridgehead atoms. The highest BCUT2D eigenvalue weighted by molar-refractivity contribution is 5.99. The van der Waals surface area contributed by atoms with E-state index in [2.05, 4.69) is 17.2 Å². The summed E-state index contributed by atoms with van der Waals surface area (Å²) < 4.78 is 5.39. The lowest BCUT2D eigenvalue weighted by Crippen LogP contribution is -2.54. The Balaban J connectivity index is 2.48. The summed E-state index contributed by atoms with van der Waals surface area (Å²) in [5.74, 6) is -0.952. The molecule has 2 aromatic rings. The van der Waals surface area contributed by atoms with Crippen LogP contribution >= 0.6 is 0 Å². The lowest BCUT2D eigenvalue weighted by Gasteiger charge is -2.35. The Morgan fingerprint density at radius 1 is 1.08 bits per heavy atom. The molecule has 0 aromatic heterocycles. The molecule has 194 valence electrons. The van der Waals surface area contributed by atoms with Gasteiger partial charge < -0.3 is 20.3 Å². The van der Waals surface area contributed by atoms with Crippen molar-refractivity contribution in [3.63, 3.8) is 0 Å². The summed E-state index contributed by atoms with van der Waals surface area (Å²) in [5, 5.41) is 5.70. The number of nitrogens with zero attached hydrogens (tertiary/aromatic N) is 1. The molecule has 0 aliphatic heterocycles. The number of hydrogen-bond acceptors (Lipinski definition) is 4. The van der Waals surface area contributed by atoms with Crippen molar-refractivity contribution < 1.29 is 19.1 Å². The van der Waals surface area contributed by atoms with Crippen molar-refractivity contribution in [2.45, 2.75) is 66.2 Å². The molecule has 0 fully saturated rings. The van der Waals surface area contributed by atoms with Crippen LogP contribution in [0.5, 0.6) is 0 Å². The molecule has 7 nitrogen and oxygen atoms in total. The van der Waals surface area contributed by atoms with Crippen LogP contribution in [0.3, 0.4) is 0 Å². The molecular formula is C29H39N3O4. The maximum atomic E-state index is 13.9. The Morgan fingerprint density at radius 2 is 1.75 bits per heavy atom. The molecule has 7 heteroatoms. The van der Waals surface area contributed by atoms with Crippen LogP contribution in [0, 0.1) is 12.8 Å². The fourth-order valence-corrected chi connectivity index (χ4v) is 3.84. The van der Waals surface area contributed by atoms with E-state index in [1.807, 2.05) is 76.2 Å². The van der Waals surface area contributed by atoms with E-state index in [1.54, 1.807) is 26.8 Å². The minimum absolute atomic E-state index is 0.237. The summed E-state index contributed by atoms with van der Waals surface area (Å²) in [6.07, 6.45) is 1.01. The number of likely N-dealkylation sites (N-methyl/N-ethyl adjacent to an activating group) is 1. The zero-order valence-corrected chi connectivity index (χ0v) is 22.4. The van der Waals surface area contributed by atoms with E-state index in [1.165, 1.54) is 4.90 Å². The number of nitrogens with one attached hydrogen (secondary N) is 2. The largest absolute Gasteiger partial charge is 0.444 e. The molecule has 2 atom stereocenters. The van der Waals surface area contributed by atoms with Gasteiger partial charge in [-0.3, -0.25) is 9.59 Å². The molecule has 36 heavy (non-hydrogen) atoms. The van der Waals surface area contributed by atoms with Crippen molar-refractivity contribution in [3.05, 3.63) is 71.8 Å². The van der Waals surface area contributed by atoms with Gasteiger partial charge in [0, 0.05) is 12.2 Å². The maximum absolute atomic E-state index is 13.9. The molecule has 0 heterocycles. The van der Waals surface area contributed by atoms with Crippen LogP contribution in [0.15, 0.2) is 55.1 Å². The second kappa shape index (κ2) is 12.4. The summed E-state index contributed by atoms with van der Waals surface area (Å²) in [6, 6.07) is 13.0. The Hall–Kier alpha value is -3.61. The van der Waals surface area contributed by atoms with Crippen LogP contribution in [0.1, 0.15) is 64.3 Å². The van der Waals surface area contributed by atoms with E-state index in [0.29, 0.717) is 11.3 Å². The highest BCUT2D eigenvalue weighted by atomic mass is 16.6. The van der Waals surface area contributed by atoms with E-state index in [9.17, 15) is 14.4 Å². The van der Waals surface area contributed by atoms with Crippen LogP contribution in [0.4, 0.5) is 10.5 Å². The third-order valence-electron chi connectivity index (χ3n) is 5.65. The number of rotatable bonds is 9. The van der Waals surface area contributed by atoms with E-state index in [-0.39, 0.29) is 24.3 Å². The van der Waals surface area contributed by atoms with E-state index >= 15 is 0 Å². The summed E-state index contributed by atoms with van der Waals surface area (Å²) in [4.78, 5) is 41.6. The van der Waals surface area contributed by atoms with Gasteiger partial charge in [-0.15, -0.1) is 0 Å². The number of amides is 3. The predicted molar refractivity (Wildman–Crippen MR) is 144 cm³/mol. The van der Waals surface area contributed by atoms with Gasteiger partial charge in [0.05, 0.1) is 0 Å². The van der Waals surface area contributed by atoms with Gasteiger partial charge in [0.2, 0.25) is 5.91 Å². The summed E-state index contributed by atoms with van der Waals surface area (Å²) in [7, 11) is 0. The lowest BCUT2D eigenvalue weighted by atomic mass is 9.97. The summed E-state index contributed by atoms with van der Waals surface area (Å²) in [5.41, 5.74) is 2.35. The zero-order valence-electron chi connectivity index (χ0n) is 22.4. The van der Waals surface area contributed by atoms with E-state index in [0.717, 1.165) is 11.1 Å². The highest BCUT2D eigenvalue weighted by Gasteiger charge is 2.37. The van der Waals surface area contributed by atoms with Crippen LogP contribution in [0.2, 0.25) is 0 Å². The highest BCUT2D eigenvalue weighted by Crippen LogP contribution is 2.27. The second-order valence-electron chi connectivity index (χ2n) is 10.1. The van der Waals surface area contributed by atoms with Gasteiger partial charge in [-0.05, 0) is 69.4 Å². The molecular weight excluding hydrogens is 454 g/mol. The summed E-state index contributed by atoms with van der Waals surface area (Å²) >= 11 is 0. The smallest absolute Gasteiger partial charge is 0.408 e. The number of aryl methyl sites for hydroxylation is 1. The lowest BCUT2D eigenvalue weighted by molar-refractivity contribution is -0.141. The Kier molecular flexibility index (Phi) is 9.84.